The smallest absolute Gasteiger partial charge is 0.240 e. The average molecular weight is 298 g/mol. The van der Waals surface area contributed by atoms with E-state index in [0.717, 1.165) is 6.42 Å². The molecule has 1 heterocycles. The Labute approximate surface area is 120 Å². The summed E-state index contributed by atoms with van der Waals surface area (Å²) < 4.78 is 27.2. The van der Waals surface area contributed by atoms with E-state index in [9.17, 15) is 8.42 Å². The second-order valence-corrected chi connectivity index (χ2v) is 7.16. The summed E-state index contributed by atoms with van der Waals surface area (Å²) in [6, 6.07) is 2.89. The Morgan fingerprint density at radius 3 is 2.85 bits per heavy atom. The molecule has 2 rings (SSSR count). The van der Waals surface area contributed by atoms with Crippen LogP contribution in [0, 0.1) is 11.8 Å². The molecule has 6 nitrogen and oxygen atoms in total. The van der Waals surface area contributed by atoms with E-state index in [1.54, 1.807) is 0 Å². The highest BCUT2D eigenvalue weighted by Crippen LogP contribution is 2.29. The fourth-order valence-electron chi connectivity index (χ4n) is 2.65. The lowest BCUT2D eigenvalue weighted by Gasteiger charge is -2.28. The highest BCUT2D eigenvalue weighted by atomic mass is 32.2. The second-order valence-electron chi connectivity index (χ2n) is 5.39. The number of hydrazine groups is 1. The Morgan fingerprint density at radius 2 is 2.15 bits per heavy atom. The molecule has 0 aliphatic heterocycles. The zero-order chi connectivity index (χ0) is 14.6. The molecule has 0 amide bonds. The number of sulfonamides is 1. The molecule has 1 aromatic heterocycles. The predicted molar refractivity (Wildman–Crippen MR) is 78.4 cm³/mol. The molecule has 1 aliphatic carbocycles. The summed E-state index contributed by atoms with van der Waals surface area (Å²) in [4.78, 5) is 4.09. The monoisotopic (exact) mass is 298 g/mol. The molecule has 4 N–H and O–H groups in total. The van der Waals surface area contributed by atoms with Gasteiger partial charge in [-0.05, 0) is 24.3 Å². The Bertz CT molecular complexity index is 547. The lowest BCUT2D eigenvalue weighted by Crippen LogP contribution is -2.33. The lowest BCUT2D eigenvalue weighted by atomic mass is 9.81. The number of hydrogen-bond acceptors (Lipinski definition) is 5. The van der Waals surface area contributed by atoms with Crippen LogP contribution in [0.2, 0.25) is 0 Å². The summed E-state index contributed by atoms with van der Waals surface area (Å²) in [7, 11) is -3.50. The van der Waals surface area contributed by atoms with Gasteiger partial charge >= 0.3 is 0 Å². The van der Waals surface area contributed by atoms with Crippen LogP contribution >= 0.6 is 0 Å². The molecule has 112 valence electrons. The number of hydrogen-bond donors (Lipinski definition) is 3. The van der Waals surface area contributed by atoms with Gasteiger partial charge in [-0.2, -0.15) is 0 Å². The van der Waals surface area contributed by atoms with Crippen molar-refractivity contribution < 1.29 is 8.42 Å². The van der Waals surface area contributed by atoms with Crippen molar-refractivity contribution in [3.05, 3.63) is 18.3 Å². The standard InChI is InChI=1S/C13H22N4O2S/c1-10-4-2-3-5-11(10)9-16-20(18,19)12-6-7-15-13(8-12)17-14/h6-8,10-11,16H,2-5,9,14H2,1H3,(H,15,17). The van der Waals surface area contributed by atoms with Crippen molar-refractivity contribution in [1.29, 1.82) is 0 Å². The minimum absolute atomic E-state index is 0.184. The second kappa shape index (κ2) is 6.51. The molecule has 0 spiro atoms. The van der Waals surface area contributed by atoms with Crippen LogP contribution in [0.1, 0.15) is 32.6 Å². The topological polar surface area (TPSA) is 97.1 Å². The van der Waals surface area contributed by atoms with Gasteiger partial charge in [-0.15, -0.1) is 0 Å². The van der Waals surface area contributed by atoms with E-state index in [1.165, 1.54) is 37.6 Å². The van der Waals surface area contributed by atoms with Crippen LogP contribution in [0.3, 0.4) is 0 Å². The van der Waals surface area contributed by atoms with E-state index in [0.29, 0.717) is 24.2 Å². The number of nitrogen functional groups attached to an aromatic ring is 1. The number of aromatic nitrogens is 1. The normalized spacial score (nSPS) is 23.5. The van der Waals surface area contributed by atoms with Crippen molar-refractivity contribution >= 4 is 15.8 Å². The van der Waals surface area contributed by atoms with Gasteiger partial charge in [0, 0.05) is 18.8 Å². The maximum atomic E-state index is 12.2. The first-order valence-electron chi connectivity index (χ1n) is 6.95. The molecule has 2 atom stereocenters. The summed E-state index contributed by atoms with van der Waals surface area (Å²) in [5.74, 6) is 6.57. The first kappa shape index (κ1) is 15.2. The van der Waals surface area contributed by atoms with Crippen molar-refractivity contribution in [3.8, 4) is 0 Å². The van der Waals surface area contributed by atoms with Crippen molar-refractivity contribution in [3.63, 3.8) is 0 Å². The van der Waals surface area contributed by atoms with Crippen LogP contribution in [0.5, 0.6) is 0 Å². The van der Waals surface area contributed by atoms with E-state index in [4.69, 9.17) is 5.84 Å². The van der Waals surface area contributed by atoms with Crippen LogP contribution in [-0.4, -0.2) is 19.9 Å². The Hall–Kier alpha value is -1.18. The summed E-state index contributed by atoms with van der Waals surface area (Å²) in [6.45, 7) is 2.69. The molecule has 0 saturated heterocycles. The van der Waals surface area contributed by atoms with Crippen LogP contribution in [-0.2, 0) is 10.0 Å². The maximum absolute atomic E-state index is 12.2. The fraction of sp³-hybridized carbons (Fsp3) is 0.615. The van der Waals surface area contributed by atoms with E-state index < -0.39 is 10.0 Å². The van der Waals surface area contributed by atoms with Crippen LogP contribution < -0.4 is 16.0 Å². The molecule has 0 radical (unpaired) electrons. The maximum Gasteiger partial charge on any atom is 0.240 e. The summed E-state index contributed by atoms with van der Waals surface area (Å²) >= 11 is 0. The first-order valence-corrected chi connectivity index (χ1v) is 8.43. The van der Waals surface area contributed by atoms with Crippen molar-refractivity contribution in [2.75, 3.05) is 12.0 Å². The van der Waals surface area contributed by atoms with Gasteiger partial charge in [0.2, 0.25) is 10.0 Å². The van der Waals surface area contributed by atoms with Gasteiger partial charge in [-0.25, -0.2) is 24.0 Å². The molecule has 1 fully saturated rings. The van der Waals surface area contributed by atoms with Crippen LogP contribution in [0.4, 0.5) is 5.82 Å². The molecule has 1 aliphatic rings. The molecule has 0 aromatic carbocycles. The highest BCUT2D eigenvalue weighted by Gasteiger charge is 2.23. The summed E-state index contributed by atoms with van der Waals surface area (Å²) in [5.41, 5.74) is 2.35. The van der Waals surface area contributed by atoms with Gasteiger partial charge in [0.25, 0.3) is 0 Å². The quantitative estimate of drug-likeness (QED) is 0.565. The van der Waals surface area contributed by atoms with Crippen molar-refractivity contribution in [2.24, 2.45) is 17.7 Å². The highest BCUT2D eigenvalue weighted by molar-refractivity contribution is 7.89. The molecular weight excluding hydrogens is 276 g/mol. The van der Waals surface area contributed by atoms with Gasteiger partial charge < -0.3 is 5.43 Å². The molecule has 1 aromatic rings. The van der Waals surface area contributed by atoms with Crippen LogP contribution in [0.25, 0.3) is 0 Å². The van der Waals surface area contributed by atoms with Gasteiger partial charge in [-0.3, -0.25) is 0 Å². The zero-order valence-corrected chi connectivity index (χ0v) is 12.5. The van der Waals surface area contributed by atoms with E-state index in [-0.39, 0.29) is 4.90 Å². The Kier molecular flexibility index (Phi) is 4.95. The largest absolute Gasteiger partial charge is 0.308 e. The van der Waals surface area contributed by atoms with Gasteiger partial charge in [-0.1, -0.05) is 26.2 Å². The molecule has 20 heavy (non-hydrogen) atoms. The average Bonchev–Trinajstić information content (AvgIpc) is 2.46. The zero-order valence-electron chi connectivity index (χ0n) is 11.7. The van der Waals surface area contributed by atoms with E-state index in [2.05, 4.69) is 22.1 Å². The predicted octanol–water partition coefficient (Wildman–Crippen LogP) is 1.47. The molecule has 7 heteroatoms. The van der Waals surface area contributed by atoms with Crippen molar-refractivity contribution in [1.82, 2.24) is 9.71 Å². The first-order chi connectivity index (χ1) is 9.53. The molecular formula is C13H22N4O2S. The van der Waals surface area contributed by atoms with E-state index >= 15 is 0 Å². The van der Waals surface area contributed by atoms with Gasteiger partial charge in [0.05, 0.1) is 4.90 Å². The summed E-state index contributed by atoms with van der Waals surface area (Å²) in [5, 5.41) is 0. The third-order valence-corrected chi connectivity index (χ3v) is 5.44. The van der Waals surface area contributed by atoms with Gasteiger partial charge in [0.15, 0.2) is 0 Å². The lowest BCUT2D eigenvalue weighted by molar-refractivity contribution is 0.257. The third-order valence-electron chi connectivity index (χ3n) is 4.01. The number of nitrogens with one attached hydrogen (secondary N) is 2. The third kappa shape index (κ3) is 3.68. The number of pyridine rings is 1. The SMILES string of the molecule is CC1CCCCC1CNS(=O)(=O)c1ccnc(NN)c1. The number of nitrogens with two attached hydrogens (primary N) is 1. The Balaban J connectivity index is 2.03. The van der Waals surface area contributed by atoms with Crippen molar-refractivity contribution in [2.45, 2.75) is 37.5 Å². The van der Waals surface area contributed by atoms with Crippen LogP contribution in [0.15, 0.2) is 23.2 Å². The van der Waals surface area contributed by atoms with E-state index in [1.807, 2.05) is 0 Å². The molecule has 2 unspecified atom stereocenters. The van der Waals surface area contributed by atoms with Gasteiger partial charge in [0.1, 0.15) is 5.82 Å². The Morgan fingerprint density at radius 1 is 1.40 bits per heavy atom. The number of anilines is 1. The molecule has 1 saturated carbocycles. The minimum Gasteiger partial charge on any atom is -0.308 e. The summed E-state index contributed by atoms with van der Waals surface area (Å²) in [6.07, 6.45) is 6.14. The molecule has 0 bridgehead atoms. The fourth-order valence-corrected chi connectivity index (χ4v) is 3.76. The number of rotatable bonds is 5. The minimum atomic E-state index is -3.50. The number of nitrogens with zero attached hydrogens (tertiary/aromatic N) is 1.